The zero-order valence-corrected chi connectivity index (χ0v) is 15.1. The summed E-state index contributed by atoms with van der Waals surface area (Å²) in [7, 11) is 0. The first-order valence-corrected chi connectivity index (χ1v) is 9.34. The number of nitrogens with zero attached hydrogens (tertiary/aromatic N) is 1. The molecule has 1 saturated heterocycles. The van der Waals surface area contributed by atoms with E-state index in [4.69, 9.17) is 9.47 Å². The van der Waals surface area contributed by atoms with Gasteiger partial charge in [0.15, 0.2) is 11.5 Å². The van der Waals surface area contributed by atoms with E-state index in [0.29, 0.717) is 29.6 Å². The summed E-state index contributed by atoms with van der Waals surface area (Å²) < 4.78 is 48.8. The normalized spacial score (nSPS) is 22.9. The Morgan fingerprint density at radius 2 is 1.93 bits per heavy atom. The molecule has 0 aromatic heterocycles. The van der Waals surface area contributed by atoms with Crippen LogP contribution in [-0.2, 0) is 9.59 Å². The molecule has 2 aliphatic heterocycles. The molecule has 2 amide bonds. The second kappa shape index (κ2) is 7.18. The lowest BCUT2D eigenvalue weighted by Gasteiger charge is -2.24. The van der Waals surface area contributed by atoms with E-state index in [1.165, 1.54) is 0 Å². The number of hydrogen-bond donors (Lipinski definition) is 1. The number of rotatable bonds is 5. The first kappa shape index (κ1) is 18.9. The summed E-state index contributed by atoms with van der Waals surface area (Å²) in [6, 6.07) is 5.25. The number of carbonyl (C=O) groups excluding carboxylic acids is 2. The minimum absolute atomic E-state index is 0.194. The molecule has 0 radical (unpaired) electrons. The van der Waals surface area contributed by atoms with Crippen molar-refractivity contribution in [3.63, 3.8) is 0 Å². The third-order valence-corrected chi connectivity index (χ3v) is 5.27. The van der Waals surface area contributed by atoms with Crippen molar-refractivity contribution in [2.75, 3.05) is 26.3 Å². The minimum Gasteiger partial charge on any atom is -0.486 e. The van der Waals surface area contributed by atoms with Gasteiger partial charge in [-0.2, -0.15) is 13.2 Å². The summed E-state index contributed by atoms with van der Waals surface area (Å²) in [5.74, 6) is -0.246. The Labute approximate surface area is 160 Å². The second-order valence-electron chi connectivity index (χ2n) is 7.52. The molecule has 1 aromatic carbocycles. The summed E-state index contributed by atoms with van der Waals surface area (Å²) in [6.45, 7) is -0.581. The predicted molar refractivity (Wildman–Crippen MR) is 91.8 cm³/mol. The number of carbonyl (C=O) groups is 2. The third kappa shape index (κ3) is 4.18. The maximum absolute atomic E-state index is 12.7. The number of benzene rings is 1. The molecule has 9 heteroatoms. The molecular formula is C19H21F3N2O4. The molecule has 3 aliphatic rings. The Kier molecular flexibility index (Phi) is 4.84. The van der Waals surface area contributed by atoms with Crippen LogP contribution >= 0.6 is 0 Å². The smallest absolute Gasteiger partial charge is 0.406 e. The number of alkyl halides is 3. The van der Waals surface area contributed by atoms with E-state index in [1.54, 1.807) is 6.07 Å². The van der Waals surface area contributed by atoms with Gasteiger partial charge in [0, 0.05) is 13.0 Å². The highest BCUT2D eigenvalue weighted by Crippen LogP contribution is 2.43. The molecule has 1 aromatic rings. The van der Waals surface area contributed by atoms with Crippen LogP contribution in [0.3, 0.4) is 0 Å². The summed E-state index contributed by atoms with van der Waals surface area (Å²) in [5.41, 5.74) is 0.872. The van der Waals surface area contributed by atoms with E-state index in [2.05, 4.69) is 5.32 Å². The number of amides is 2. The monoisotopic (exact) mass is 398 g/mol. The molecule has 6 nitrogen and oxygen atoms in total. The summed E-state index contributed by atoms with van der Waals surface area (Å²) >= 11 is 0. The van der Waals surface area contributed by atoms with Crippen LogP contribution in [0.1, 0.15) is 30.9 Å². The molecule has 2 atom stereocenters. The standard InChI is InChI=1S/C19H21F3N2O4/c20-19(21,22)10-24-9-13(8-16(24)25)18(26)23-17(11-1-2-11)12-3-4-14-15(7-12)28-6-5-27-14/h3-4,7,11,13,17H,1-2,5-6,8-10H2,(H,23,26). The van der Waals surface area contributed by atoms with Crippen LogP contribution in [-0.4, -0.2) is 49.2 Å². The Hall–Kier alpha value is -2.45. The van der Waals surface area contributed by atoms with Gasteiger partial charge in [0.1, 0.15) is 19.8 Å². The van der Waals surface area contributed by atoms with Crippen LogP contribution in [0.5, 0.6) is 11.5 Å². The molecule has 1 N–H and O–H groups in total. The van der Waals surface area contributed by atoms with E-state index in [1.807, 2.05) is 12.1 Å². The first-order chi connectivity index (χ1) is 13.3. The van der Waals surface area contributed by atoms with Gasteiger partial charge in [-0.25, -0.2) is 0 Å². The van der Waals surface area contributed by atoms with Crippen LogP contribution in [0.15, 0.2) is 18.2 Å². The van der Waals surface area contributed by atoms with Crippen LogP contribution in [0.25, 0.3) is 0 Å². The Balaban J connectivity index is 1.44. The lowest BCUT2D eigenvalue weighted by atomic mass is 9.99. The van der Waals surface area contributed by atoms with Gasteiger partial charge in [-0.3, -0.25) is 9.59 Å². The fourth-order valence-electron chi connectivity index (χ4n) is 3.74. The number of likely N-dealkylation sites (tertiary alicyclic amines) is 1. The maximum Gasteiger partial charge on any atom is 0.406 e. The molecule has 2 fully saturated rings. The van der Waals surface area contributed by atoms with Crippen molar-refractivity contribution < 1.29 is 32.2 Å². The van der Waals surface area contributed by atoms with Crippen molar-refractivity contribution in [1.29, 1.82) is 0 Å². The van der Waals surface area contributed by atoms with Gasteiger partial charge in [-0.1, -0.05) is 6.07 Å². The van der Waals surface area contributed by atoms with Crippen molar-refractivity contribution in [2.45, 2.75) is 31.5 Å². The largest absolute Gasteiger partial charge is 0.486 e. The van der Waals surface area contributed by atoms with Crippen molar-refractivity contribution in [3.05, 3.63) is 23.8 Å². The van der Waals surface area contributed by atoms with E-state index >= 15 is 0 Å². The van der Waals surface area contributed by atoms with Gasteiger partial charge in [0.2, 0.25) is 11.8 Å². The molecule has 152 valence electrons. The van der Waals surface area contributed by atoms with Crippen LogP contribution in [0, 0.1) is 11.8 Å². The van der Waals surface area contributed by atoms with Crippen molar-refractivity contribution in [2.24, 2.45) is 11.8 Å². The average molecular weight is 398 g/mol. The van der Waals surface area contributed by atoms with Crippen molar-refractivity contribution in [3.8, 4) is 11.5 Å². The highest BCUT2D eigenvalue weighted by molar-refractivity contribution is 5.89. The van der Waals surface area contributed by atoms with E-state index in [0.717, 1.165) is 18.4 Å². The highest BCUT2D eigenvalue weighted by atomic mass is 19.4. The fourth-order valence-corrected chi connectivity index (χ4v) is 3.74. The van der Waals surface area contributed by atoms with Gasteiger partial charge in [-0.15, -0.1) is 0 Å². The average Bonchev–Trinajstić information content (AvgIpc) is 3.42. The molecule has 1 aliphatic carbocycles. The fraction of sp³-hybridized carbons (Fsp3) is 0.579. The molecular weight excluding hydrogens is 377 g/mol. The summed E-state index contributed by atoms with van der Waals surface area (Å²) in [6.07, 6.45) is -2.74. The summed E-state index contributed by atoms with van der Waals surface area (Å²) in [4.78, 5) is 25.2. The number of ether oxygens (including phenoxy) is 2. The minimum atomic E-state index is -4.47. The lowest BCUT2D eigenvalue weighted by molar-refractivity contribution is -0.157. The molecule has 1 saturated carbocycles. The quantitative estimate of drug-likeness (QED) is 0.827. The van der Waals surface area contributed by atoms with Gasteiger partial charge in [0.25, 0.3) is 0 Å². The zero-order valence-electron chi connectivity index (χ0n) is 15.1. The van der Waals surface area contributed by atoms with E-state index < -0.39 is 24.5 Å². The van der Waals surface area contributed by atoms with Crippen molar-refractivity contribution in [1.82, 2.24) is 10.2 Å². The number of hydrogen-bond acceptors (Lipinski definition) is 4. The van der Waals surface area contributed by atoms with Gasteiger partial charge in [-0.05, 0) is 36.5 Å². The second-order valence-corrected chi connectivity index (χ2v) is 7.52. The third-order valence-electron chi connectivity index (χ3n) is 5.27. The number of fused-ring (bicyclic) bond motifs is 1. The first-order valence-electron chi connectivity index (χ1n) is 9.34. The molecule has 2 heterocycles. The predicted octanol–water partition coefficient (Wildman–Crippen LogP) is 2.44. The maximum atomic E-state index is 12.7. The molecule has 4 rings (SSSR count). The van der Waals surface area contributed by atoms with Gasteiger partial charge in [0.05, 0.1) is 12.0 Å². The summed E-state index contributed by atoms with van der Waals surface area (Å²) in [5, 5.41) is 2.95. The van der Waals surface area contributed by atoms with Crippen LogP contribution < -0.4 is 14.8 Å². The lowest BCUT2D eigenvalue weighted by Crippen LogP contribution is -2.38. The Bertz CT molecular complexity index is 779. The Morgan fingerprint density at radius 1 is 1.21 bits per heavy atom. The van der Waals surface area contributed by atoms with E-state index in [9.17, 15) is 22.8 Å². The topological polar surface area (TPSA) is 67.9 Å². The van der Waals surface area contributed by atoms with E-state index in [-0.39, 0.29) is 30.8 Å². The molecule has 0 spiro atoms. The molecule has 0 bridgehead atoms. The Morgan fingerprint density at radius 3 is 2.61 bits per heavy atom. The highest BCUT2D eigenvalue weighted by Gasteiger charge is 2.42. The van der Waals surface area contributed by atoms with Crippen LogP contribution in [0.4, 0.5) is 13.2 Å². The van der Waals surface area contributed by atoms with Crippen LogP contribution in [0.2, 0.25) is 0 Å². The number of nitrogens with one attached hydrogen (secondary N) is 1. The van der Waals surface area contributed by atoms with Gasteiger partial charge < -0.3 is 19.7 Å². The van der Waals surface area contributed by atoms with Crippen molar-refractivity contribution >= 4 is 11.8 Å². The number of halogens is 3. The molecule has 2 unspecified atom stereocenters. The zero-order chi connectivity index (χ0) is 19.9. The molecule has 28 heavy (non-hydrogen) atoms. The SMILES string of the molecule is O=C(NC(c1ccc2c(c1)OCCO2)C1CC1)C1CC(=O)N(CC(F)(F)F)C1. The van der Waals surface area contributed by atoms with Gasteiger partial charge >= 0.3 is 6.18 Å².